The first-order chi connectivity index (χ1) is 16.0. The van der Waals surface area contributed by atoms with Crippen molar-refractivity contribution in [2.45, 2.75) is 40.3 Å². The van der Waals surface area contributed by atoms with Crippen LogP contribution >= 0.6 is 11.3 Å². The molecule has 0 saturated carbocycles. The Labute approximate surface area is 205 Å². The first-order valence-corrected chi connectivity index (χ1v) is 12.1. The predicted molar refractivity (Wildman–Crippen MR) is 138 cm³/mol. The Hall–Kier alpha value is -3.19. The van der Waals surface area contributed by atoms with Crippen LogP contribution in [-0.4, -0.2) is 30.8 Å². The Bertz CT molecular complexity index is 1120. The summed E-state index contributed by atoms with van der Waals surface area (Å²) in [7, 11) is 3.89. The highest BCUT2D eigenvalue weighted by molar-refractivity contribution is 7.12. The van der Waals surface area contributed by atoms with E-state index in [1.54, 1.807) is 23.1 Å². The van der Waals surface area contributed by atoms with E-state index in [4.69, 9.17) is 0 Å². The molecule has 1 N–H and O–H groups in total. The summed E-state index contributed by atoms with van der Waals surface area (Å²) in [6.45, 7) is 6.75. The van der Waals surface area contributed by atoms with Crippen molar-refractivity contribution in [2.75, 3.05) is 24.3 Å². The van der Waals surface area contributed by atoms with E-state index >= 15 is 0 Å². The van der Waals surface area contributed by atoms with Gasteiger partial charge in [0.1, 0.15) is 5.82 Å². The number of carbonyl (C=O) groups is 2. The van der Waals surface area contributed by atoms with E-state index < -0.39 is 0 Å². The van der Waals surface area contributed by atoms with Gasteiger partial charge in [-0.15, -0.1) is 11.3 Å². The van der Waals surface area contributed by atoms with Crippen molar-refractivity contribution in [1.29, 1.82) is 0 Å². The highest BCUT2D eigenvalue weighted by Gasteiger charge is 2.21. The van der Waals surface area contributed by atoms with Crippen LogP contribution in [0.2, 0.25) is 0 Å². The predicted octanol–water partition coefficient (Wildman–Crippen LogP) is 6.17. The van der Waals surface area contributed by atoms with Crippen molar-refractivity contribution in [3.05, 3.63) is 81.8 Å². The molecule has 1 heterocycles. The lowest BCUT2D eigenvalue weighted by Crippen LogP contribution is -2.30. The van der Waals surface area contributed by atoms with Crippen LogP contribution in [0.3, 0.4) is 0 Å². The molecular formula is C27H32FN3O2S. The molecule has 7 heteroatoms. The third-order valence-corrected chi connectivity index (χ3v) is 6.06. The number of hydrogen-bond acceptors (Lipinski definition) is 4. The molecule has 34 heavy (non-hydrogen) atoms. The zero-order chi connectivity index (χ0) is 24.9. The van der Waals surface area contributed by atoms with E-state index in [-0.39, 0.29) is 23.0 Å². The third kappa shape index (κ3) is 7.15. The lowest BCUT2D eigenvalue weighted by atomic mass is 9.92. The van der Waals surface area contributed by atoms with Crippen LogP contribution in [0.5, 0.6) is 0 Å². The maximum Gasteiger partial charge on any atom is 0.264 e. The molecule has 0 saturated heterocycles. The van der Waals surface area contributed by atoms with Gasteiger partial charge in [0.2, 0.25) is 5.91 Å². The second-order valence-corrected chi connectivity index (χ2v) is 10.7. The van der Waals surface area contributed by atoms with E-state index in [2.05, 4.69) is 5.32 Å². The molecule has 3 rings (SSSR count). The van der Waals surface area contributed by atoms with Crippen LogP contribution in [0.25, 0.3) is 0 Å². The average molecular weight is 482 g/mol. The van der Waals surface area contributed by atoms with Crippen LogP contribution in [0.15, 0.2) is 60.0 Å². The van der Waals surface area contributed by atoms with Crippen molar-refractivity contribution >= 4 is 34.5 Å². The summed E-state index contributed by atoms with van der Waals surface area (Å²) < 4.78 is 13.4. The molecule has 0 aliphatic carbocycles. The number of halogens is 1. The summed E-state index contributed by atoms with van der Waals surface area (Å²) >= 11 is 1.39. The van der Waals surface area contributed by atoms with Crippen LogP contribution in [0, 0.1) is 11.2 Å². The normalized spacial score (nSPS) is 11.2. The minimum Gasteiger partial charge on any atom is -0.377 e. The third-order valence-electron chi connectivity index (χ3n) is 5.20. The second kappa shape index (κ2) is 10.8. The van der Waals surface area contributed by atoms with E-state index in [9.17, 15) is 14.0 Å². The van der Waals surface area contributed by atoms with Gasteiger partial charge in [0.15, 0.2) is 0 Å². The number of hydrogen-bond donors (Lipinski definition) is 1. The van der Waals surface area contributed by atoms with Crippen LogP contribution in [0.4, 0.5) is 15.8 Å². The molecule has 0 bridgehead atoms. The maximum atomic E-state index is 13.4. The molecule has 0 unspecified atom stereocenters. The number of thiophene rings is 1. The van der Waals surface area contributed by atoms with E-state index in [0.717, 1.165) is 16.8 Å². The Balaban J connectivity index is 1.91. The Morgan fingerprint density at radius 2 is 1.71 bits per heavy atom. The fourth-order valence-electron chi connectivity index (χ4n) is 3.68. The quantitative estimate of drug-likeness (QED) is 0.419. The van der Waals surface area contributed by atoms with Crippen molar-refractivity contribution in [1.82, 2.24) is 4.90 Å². The zero-order valence-electron chi connectivity index (χ0n) is 20.4. The lowest BCUT2D eigenvalue weighted by molar-refractivity contribution is -0.117. The van der Waals surface area contributed by atoms with Gasteiger partial charge in [-0.25, -0.2) is 4.39 Å². The van der Waals surface area contributed by atoms with Crippen molar-refractivity contribution in [2.24, 2.45) is 5.41 Å². The number of carbonyl (C=O) groups excluding carboxylic acids is 2. The minimum absolute atomic E-state index is 0.0473. The number of rotatable bonds is 8. The summed E-state index contributed by atoms with van der Waals surface area (Å²) in [5.74, 6) is -0.450. The lowest BCUT2D eigenvalue weighted by Gasteiger charge is -2.26. The highest BCUT2D eigenvalue weighted by atomic mass is 32.1. The van der Waals surface area contributed by atoms with Gasteiger partial charge in [0.05, 0.1) is 4.88 Å². The Kier molecular flexibility index (Phi) is 8.10. The largest absolute Gasteiger partial charge is 0.377 e. The number of anilines is 2. The molecule has 0 atom stereocenters. The summed E-state index contributed by atoms with van der Waals surface area (Å²) in [4.78, 5) is 30.2. The molecule has 2 amide bonds. The number of nitrogens with zero attached hydrogens (tertiary/aromatic N) is 2. The first-order valence-electron chi connectivity index (χ1n) is 11.2. The van der Waals surface area contributed by atoms with E-state index in [1.165, 1.54) is 23.5 Å². The molecule has 180 valence electrons. The smallest absolute Gasteiger partial charge is 0.264 e. The fraction of sp³-hybridized carbons (Fsp3) is 0.333. The van der Waals surface area contributed by atoms with Crippen LogP contribution in [0.1, 0.15) is 48.0 Å². The van der Waals surface area contributed by atoms with Crippen molar-refractivity contribution in [3.8, 4) is 0 Å². The topological polar surface area (TPSA) is 52.7 Å². The van der Waals surface area contributed by atoms with Gasteiger partial charge < -0.3 is 15.1 Å². The molecule has 0 aliphatic heterocycles. The molecular weight excluding hydrogens is 449 g/mol. The summed E-state index contributed by atoms with van der Waals surface area (Å²) in [6.07, 6.45) is 0.408. The van der Waals surface area contributed by atoms with Gasteiger partial charge in [0, 0.05) is 45.0 Å². The molecule has 0 fully saturated rings. The van der Waals surface area contributed by atoms with Gasteiger partial charge in [-0.05, 0) is 58.3 Å². The molecule has 5 nitrogen and oxygen atoms in total. The molecule has 1 aromatic heterocycles. The average Bonchev–Trinajstić information content (AvgIpc) is 3.28. The number of nitrogens with one attached hydrogen (secondary N) is 1. The fourth-order valence-corrected chi connectivity index (χ4v) is 4.38. The summed E-state index contributed by atoms with van der Waals surface area (Å²) in [5, 5.41) is 4.87. The number of benzene rings is 2. The SMILES string of the molecule is CN(C)c1ccc(NC(=O)CC(C)(C)C)cc1CN(Cc1ccc(F)cc1)C(=O)c1cccs1. The standard InChI is InChI=1S/C27H32FN3O2S/c1-27(2,3)16-25(32)29-22-12-13-23(30(4)5)20(15-22)18-31(26(33)24-7-6-14-34-24)17-19-8-10-21(28)11-9-19/h6-15H,16-18H2,1-5H3,(H,29,32). The van der Waals surface area contributed by atoms with Gasteiger partial charge in [0.25, 0.3) is 5.91 Å². The van der Waals surface area contributed by atoms with Gasteiger partial charge in [-0.1, -0.05) is 39.0 Å². The summed E-state index contributed by atoms with van der Waals surface area (Å²) in [5.41, 5.74) is 3.28. The molecule has 0 aliphatic rings. The van der Waals surface area contributed by atoms with Gasteiger partial charge in [-0.3, -0.25) is 9.59 Å². The van der Waals surface area contributed by atoms with Gasteiger partial charge in [-0.2, -0.15) is 0 Å². The number of amides is 2. The molecule has 2 aromatic carbocycles. The van der Waals surface area contributed by atoms with Crippen molar-refractivity contribution < 1.29 is 14.0 Å². The highest BCUT2D eigenvalue weighted by Crippen LogP contribution is 2.27. The molecule has 0 radical (unpaired) electrons. The second-order valence-electron chi connectivity index (χ2n) is 9.79. The van der Waals surface area contributed by atoms with E-state index in [1.807, 2.05) is 69.4 Å². The van der Waals surface area contributed by atoms with Gasteiger partial charge >= 0.3 is 0 Å². The monoisotopic (exact) mass is 481 g/mol. The minimum atomic E-state index is -0.312. The maximum absolute atomic E-state index is 13.4. The van der Waals surface area contributed by atoms with E-state index in [0.29, 0.717) is 30.1 Å². The first kappa shape index (κ1) is 25.4. The molecule has 3 aromatic rings. The zero-order valence-corrected chi connectivity index (χ0v) is 21.2. The molecule has 0 spiro atoms. The summed E-state index contributed by atoms with van der Waals surface area (Å²) in [6, 6.07) is 15.6. The van der Waals surface area contributed by atoms with Crippen LogP contribution < -0.4 is 10.2 Å². The van der Waals surface area contributed by atoms with Crippen molar-refractivity contribution in [3.63, 3.8) is 0 Å². The van der Waals surface area contributed by atoms with Crippen LogP contribution in [-0.2, 0) is 17.9 Å². The Morgan fingerprint density at radius 3 is 2.29 bits per heavy atom. The Morgan fingerprint density at radius 1 is 1.00 bits per heavy atom.